The van der Waals surface area contributed by atoms with Crippen molar-refractivity contribution >= 4 is 5.97 Å². The van der Waals surface area contributed by atoms with Crippen LogP contribution < -0.4 is 0 Å². The summed E-state index contributed by atoms with van der Waals surface area (Å²) in [5.41, 5.74) is 0.559. The standard InChI is InChI=1S/C10H9NO3/c1-7(12)2-4-9-5-3-8(6-11-9)10(13)14/h3,5-7,12H,1H3,(H,13,14). The minimum absolute atomic E-state index is 0.118. The number of aromatic nitrogens is 1. The zero-order valence-electron chi connectivity index (χ0n) is 7.56. The number of nitrogens with zero attached hydrogens (tertiary/aromatic N) is 1. The Balaban J connectivity index is 2.85. The number of aromatic carboxylic acids is 1. The second-order valence-corrected chi connectivity index (χ2v) is 2.68. The van der Waals surface area contributed by atoms with Crippen LogP contribution in [0.1, 0.15) is 23.0 Å². The third-order valence-electron chi connectivity index (χ3n) is 1.42. The van der Waals surface area contributed by atoms with Crippen molar-refractivity contribution in [1.29, 1.82) is 0 Å². The second-order valence-electron chi connectivity index (χ2n) is 2.68. The maximum Gasteiger partial charge on any atom is 0.337 e. The molecule has 0 aliphatic carbocycles. The Hall–Kier alpha value is -1.86. The van der Waals surface area contributed by atoms with Gasteiger partial charge in [-0.2, -0.15) is 0 Å². The maximum atomic E-state index is 10.5. The van der Waals surface area contributed by atoms with E-state index in [0.717, 1.165) is 0 Å². The lowest BCUT2D eigenvalue weighted by atomic mass is 10.2. The molecule has 0 radical (unpaired) electrons. The van der Waals surface area contributed by atoms with Gasteiger partial charge in [0.15, 0.2) is 0 Å². The van der Waals surface area contributed by atoms with Gasteiger partial charge in [0.05, 0.1) is 5.56 Å². The maximum absolute atomic E-state index is 10.5. The molecule has 0 aliphatic rings. The molecule has 1 aromatic heterocycles. The average Bonchev–Trinajstić information content (AvgIpc) is 2.15. The summed E-state index contributed by atoms with van der Waals surface area (Å²) in [7, 11) is 0. The summed E-state index contributed by atoms with van der Waals surface area (Å²) in [5.74, 6) is 4.09. The lowest BCUT2D eigenvalue weighted by molar-refractivity contribution is 0.0696. The van der Waals surface area contributed by atoms with Gasteiger partial charge in [0.25, 0.3) is 0 Å². The molecule has 4 nitrogen and oxygen atoms in total. The molecule has 0 aliphatic heterocycles. The van der Waals surface area contributed by atoms with Crippen molar-refractivity contribution in [2.75, 3.05) is 0 Å². The first kappa shape index (κ1) is 10.2. The van der Waals surface area contributed by atoms with E-state index < -0.39 is 12.1 Å². The lowest BCUT2D eigenvalue weighted by Gasteiger charge is -1.93. The summed E-state index contributed by atoms with van der Waals surface area (Å²) < 4.78 is 0. The van der Waals surface area contributed by atoms with E-state index in [0.29, 0.717) is 5.69 Å². The van der Waals surface area contributed by atoms with Crippen molar-refractivity contribution in [3.63, 3.8) is 0 Å². The van der Waals surface area contributed by atoms with Gasteiger partial charge < -0.3 is 10.2 Å². The summed E-state index contributed by atoms with van der Waals surface area (Å²) in [6, 6.07) is 2.92. The molecule has 0 aromatic carbocycles. The molecule has 72 valence electrons. The van der Waals surface area contributed by atoms with Crippen LogP contribution in [0.2, 0.25) is 0 Å². The Labute approximate surface area is 81.2 Å². The summed E-state index contributed by atoms with van der Waals surface area (Å²) in [6.07, 6.45) is 0.518. The van der Waals surface area contributed by atoms with E-state index in [2.05, 4.69) is 16.8 Å². The van der Waals surface area contributed by atoms with Gasteiger partial charge >= 0.3 is 5.97 Å². The minimum atomic E-state index is -1.02. The minimum Gasteiger partial charge on any atom is -0.478 e. The van der Waals surface area contributed by atoms with E-state index in [-0.39, 0.29) is 5.56 Å². The van der Waals surface area contributed by atoms with Gasteiger partial charge in [-0.1, -0.05) is 5.92 Å². The molecule has 1 rings (SSSR count). The van der Waals surface area contributed by atoms with Gasteiger partial charge in [0, 0.05) is 6.20 Å². The predicted octanol–water partition coefficient (Wildman–Crippen LogP) is 0.512. The summed E-state index contributed by atoms with van der Waals surface area (Å²) in [4.78, 5) is 14.3. The van der Waals surface area contributed by atoms with Crippen LogP contribution in [-0.4, -0.2) is 27.3 Å². The van der Waals surface area contributed by atoms with Crippen LogP contribution in [0.25, 0.3) is 0 Å². The summed E-state index contributed by atoms with van der Waals surface area (Å²) in [6.45, 7) is 1.54. The van der Waals surface area contributed by atoms with Gasteiger partial charge in [-0.05, 0) is 25.0 Å². The zero-order chi connectivity index (χ0) is 10.6. The lowest BCUT2D eigenvalue weighted by Crippen LogP contribution is -1.98. The third-order valence-corrected chi connectivity index (χ3v) is 1.42. The topological polar surface area (TPSA) is 70.4 Å². The van der Waals surface area contributed by atoms with Gasteiger partial charge in [-0.25, -0.2) is 9.78 Å². The van der Waals surface area contributed by atoms with Crippen molar-refractivity contribution < 1.29 is 15.0 Å². The SMILES string of the molecule is CC(O)C#Cc1ccc(C(=O)O)cn1. The fraction of sp³-hybridized carbons (Fsp3) is 0.200. The fourth-order valence-corrected chi connectivity index (χ4v) is 0.773. The number of aliphatic hydroxyl groups is 1. The third kappa shape index (κ3) is 2.88. The normalized spacial score (nSPS) is 11.3. The smallest absolute Gasteiger partial charge is 0.337 e. The number of hydrogen-bond acceptors (Lipinski definition) is 3. The molecule has 1 unspecified atom stereocenters. The molecule has 1 aromatic rings. The van der Waals surface area contributed by atoms with Crippen LogP contribution >= 0.6 is 0 Å². The second kappa shape index (κ2) is 4.40. The Bertz CT molecular complexity index is 384. The van der Waals surface area contributed by atoms with Gasteiger partial charge in [-0.15, -0.1) is 0 Å². The van der Waals surface area contributed by atoms with Crippen molar-refractivity contribution in [3.8, 4) is 11.8 Å². The Kier molecular flexibility index (Phi) is 3.21. The van der Waals surface area contributed by atoms with E-state index >= 15 is 0 Å². The van der Waals surface area contributed by atoms with Crippen LogP contribution in [0.5, 0.6) is 0 Å². The molecular weight excluding hydrogens is 182 g/mol. The van der Waals surface area contributed by atoms with E-state index in [4.69, 9.17) is 10.2 Å². The predicted molar refractivity (Wildman–Crippen MR) is 49.8 cm³/mol. The zero-order valence-corrected chi connectivity index (χ0v) is 7.56. The van der Waals surface area contributed by atoms with Crippen molar-refractivity contribution in [2.45, 2.75) is 13.0 Å². The van der Waals surface area contributed by atoms with Crippen LogP contribution in [0.4, 0.5) is 0 Å². The Morgan fingerprint density at radius 2 is 2.29 bits per heavy atom. The number of hydrogen-bond donors (Lipinski definition) is 2. The first-order valence-corrected chi connectivity index (χ1v) is 3.98. The van der Waals surface area contributed by atoms with Gasteiger partial charge in [0.2, 0.25) is 0 Å². The number of carbonyl (C=O) groups is 1. The molecule has 1 heterocycles. The highest BCUT2D eigenvalue weighted by atomic mass is 16.4. The highest BCUT2D eigenvalue weighted by Crippen LogP contribution is 1.98. The van der Waals surface area contributed by atoms with Crippen molar-refractivity contribution in [3.05, 3.63) is 29.6 Å². The number of pyridine rings is 1. The van der Waals surface area contributed by atoms with Crippen LogP contribution in [-0.2, 0) is 0 Å². The highest BCUT2D eigenvalue weighted by Gasteiger charge is 2.01. The average molecular weight is 191 g/mol. The van der Waals surface area contributed by atoms with Crippen LogP contribution in [0.3, 0.4) is 0 Å². The van der Waals surface area contributed by atoms with E-state index in [1.54, 1.807) is 6.92 Å². The highest BCUT2D eigenvalue weighted by molar-refractivity contribution is 5.87. The molecule has 0 bridgehead atoms. The van der Waals surface area contributed by atoms with E-state index in [9.17, 15) is 4.79 Å². The molecule has 0 fully saturated rings. The molecule has 1 atom stereocenters. The number of rotatable bonds is 1. The van der Waals surface area contributed by atoms with Gasteiger partial charge in [0.1, 0.15) is 11.8 Å². The number of carboxylic acid groups (broad SMARTS) is 1. The quantitative estimate of drug-likeness (QED) is 0.634. The van der Waals surface area contributed by atoms with E-state index in [1.165, 1.54) is 18.3 Å². The first-order chi connectivity index (χ1) is 6.59. The molecule has 4 heteroatoms. The molecular formula is C10H9NO3. The molecule has 0 spiro atoms. The monoisotopic (exact) mass is 191 g/mol. The summed E-state index contributed by atoms with van der Waals surface area (Å²) in [5, 5.41) is 17.4. The van der Waals surface area contributed by atoms with Crippen molar-refractivity contribution in [2.24, 2.45) is 0 Å². The molecule has 0 amide bonds. The molecule has 2 N–H and O–H groups in total. The van der Waals surface area contributed by atoms with Crippen LogP contribution in [0, 0.1) is 11.8 Å². The largest absolute Gasteiger partial charge is 0.478 e. The van der Waals surface area contributed by atoms with Crippen LogP contribution in [0.15, 0.2) is 18.3 Å². The fourth-order valence-electron chi connectivity index (χ4n) is 0.773. The Morgan fingerprint density at radius 1 is 1.57 bits per heavy atom. The number of aliphatic hydroxyl groups excluding tert-OH is 1. The molecule has 0 saturated carbocycles. The van der Waals surface area contributed by atoms with Crippen molar-refractivity contribution in [1.82, 2.24) is 4.98 Å². The van der Waals surface area contributed by atoms with Gasteiger partial charge in [-0.3, -0.25) is 0 Å². The first-order valence-electron chi connectivity index (χ1n) is 3.98. The Morgan fingerprint density at radius 3 is 2.71 bits per heavy atom. The summed E-state index contributed by atoms with van der Waals surface area (Å²) >= 11 is 0. The van der Waals surface area contributed by atoms with E-state index in [1.807, 2.05) is 0 Å². The molecule has 0 saturated heterocycles. The molecule has 14 heavy (non-hydrogen) atoms. The number of carboxylic acids is 1.